The lowest BCUT2D eigenvalue weighted by molar-refractivity contribution is -0.121. The molecule has 0 saturated heterocycles. The van der Waals surface area contributed by atoms with Crippen molar-refractivity contribution in [3.8, 4) is 0 Å². The van der Waals surface area contributed by atoms with E-state index in [0.717, 1.165) is 17.8 Å². The number of aliphatic imine (C=N–C) groups is 1. The zero-order valence-corrected chi connectivity index (χ0v) is 17.6. The lowest BCUT2D eigenvalue weighted by Gasteiger charge is -2.11. The van der Waals surface area contributed by atoms with E-state index in [2.05, 4.69) is 26.0 Å². The van der Waals surface area contributed by atoms with Crippen LogP contribution < -0.4 is 16.0 Å². The molecule has 1 aromatic heterocycles. The average Bonchev–Trinajstić information content (AvgIpc) is 3.04. The summed E-state index contributed by atoms with van der Waals surface area (Å²) in [7, 11) is 1.89. The van der Waals surface area contributed by atoms with E-state index in [-0.39, 0.29) is 29.9 Å². The number of guanidine groups is 1. The van der Waals surface area contributed by atoms with E-state index in [0.29, 0.717) is 32.0 Å². The van der Waals surface area contributed by atoms with Crippen molar-refractivity contribution in [2.24, 2.45) is 12.0 Å². The van der Waals surface area contributed by atoms with Gasteiger partial charge >= 0.3 is 0 Å². The molecule has 0 aliphatic rings. The normalized spacial score (nSPS) is 10.8. The van der Waals surface area contributed by atoms with Gasteiger partial charge in [-0.2, -0.15) is 5.10 Å². The van der Waals surface area contributed by atoms with Crippen LogP contribution in [0.4, 0.5) is 0 Å². The number of nitrogens with one attached hydrogen (secondary N) is 3. The van der Waals surface area contributed by atoms with Gasteiger partial charge in [-0.25, -0.2) is 4.99 Å². The number of hydrogen-bond acceptors (Lipinski definition) is 3. The molecule has 2 rings (SSSR count). The molecule has 1 heterocycles. The summed E-state index contributed by atoms with van der Waals surface area (Å²) >= 11 is 0. The number of rotatable bonds is 8. The zero-order chi connectivity index (χ0) is 17.9. The lowest BCUT2D eigenvalue weighted by atomic mass is 10.2. The molecule has 1 amide bonds. The van der Waals surface area contributed by atoms with E-state index in [1.165, 1.54) is 0 Å². The van der Waals surface area contributed by atoms with Gasteiger partial charge in [-0.05, 0) is 18.6 Å². The fourth-order valence-corrected chi connectivity index (χ4v) is 2.24. The second-order valence-electron chi connectivity index (χ2n) is 5.58. The second-order valence-corrected chi connectivity index (χ2v) is 5.58. The molecule has 0 fully saturated rings. The number of hydrogen-bond donors (Lipinski definition) is 3. The third-order valence-electron chi connectivity index (χ3n) is 3.64. The number of amides is 1. The Morgan fingerprint density at radius 1 is 1.15 bits per heavy atom. The Morgan fingerprint density at radius 3 is 2.58 bits per heavy atom. The molecule has 1 aromatic carbocycles. The van der Waals surface area contributed by atoms with Gasteiger partial charge in [0.05, 0.1) is 12.2 Å². The summed E-state index contributed by atoms with van der Waals surface area (Å²) in [5, 5.41) is 13.4. The van der Waals surface area contributed by atoms with Gasteiger partial charge in [0, 0.05) is 39.3 Å². The number of benzene rings is 1. The van der Waals surface area contributed by atoms with Crippen molar-refractivity contribution in [1.82, 2.24) is 25.7 Å². The van der Waals surface area contributed by atoms with Crippen molar-refractivity contribution in [1.29, 1.82) is 0 Å². The Bertz CT molecular complexity index is 686. The number of carbonyl (C=O) groups is 1. The van der Waals surface area contributed by atoms with Crippen LogP contribution in [0.1, 0.15) is 24.6 Å². The van der Waals surface area contributed by atoms with Gasteiger partial charge in [-0.15, -0.1) is 24.0 Å². The summed E-state index contributed by atoms with van der Waals surface area (Å²) in [5.41, 5.74) is 2.12. The van der Waals surface area contributed by atoms with Crippen molar-refractivity contribution >= 4 is 35.8 Å². The maximum absolute atomic E-state index is 11.9. The highest BCUT2D eigenvalue weighted by atomic mass is 127. The van der Waals surface area contributed by atoms with E-state index < -0.39 is 0 Å². The maximum atomic E-state index is 11.9. The number of carbonyl (C=O) groups excluding carboxylic acids is 1. The molecule has 7 nitrogen and oxygen atoms in total. The van der Waals surface area contributed by atoms with Gasteiger partial charge in [0.1, 0.15) is 0 Å². The van der Waals surface area contributed by atoms with Crippen LogP contribution in [-0.4, -0.2) is 34.7 Å². The fourth-order valence-electron chi connectivity index (χ4n) is 2.24. The summed E-state index contributed by atoms with van der Waals surface area (Å²) in [4.78, 5) is 16.4. The molecule has 0 aliphatic heterocycles. The summed E-state index contributed by atoms with van der Waals surface area (Å²) in [6.07, 6.45) is 2.14. The van der Waals surface area contributed by atoms with Crippen LogP contribution in [0.2, 0.25) is 0 Å². The highest BCUT2D eigenvalue weighted by molar-refractivity contribution is 14.0. The van der Waals surface area contributed by atoms with Crippen LogP contribution in [0.25, 0.3) is 0 Å². The monoisotopic (exact) mass is 470 g/mol. The van der Waals surface area contributed by atoms with Crippen LogP contribution >= 0.6 is 24.0 Å². The minimum atomic E-state index is 0. The first-order chi connectivity index (χ1) is 12.2. The molecule has 0 spiro atoms. The smallest absolute Gasteiger partial charge is 0.222 e. The van der Waals surface area contributed by atoms with Crippen LogP contribution in [-0.2, 0) is 24.9 Å². The van der Waals surface area contributed by atoms with Gasteiger partial charge in [0.25, 0.3) is 0 Å². The van der Waals surface area contributed by atoms with Crippen LogP contribution in [0.5, 0.6) is 0 Å². The lowest BCUT2D eigenvalue weighted by Crippen LogP contribution is -2.39. The first-order valence-electron chi connectivity index (χ1n) is 8.48. The standard InChI is InChI=1S/C18H26N6O.HI/c1-3-19-18(22-14-16-9-12-23-24(16)2)20-11-10-17(25)21-13-15-7-5-4-6-8-15;/h4-9,12H,3,10-11,13-14H2,1-2H3,(H,21,25)(H2,19,20,22);1H. The van der Waals surface area contributed by atoms with Crippen molar-refractivity contribution in [3.63, 3.8) is 0 Å². The first-order valence-corrected chi connectivity index (χ1v) is 8.48. The molecule has 0 saturated carbocycles. The van der Waals surface area contributed by atoms with Gasteiger partial charge in [0.2, 0.25) is 5.91 Å². The van der Waals surface area contributed by atoms with Crippen LogP contribution in [0, 0.1) is 0 Å². The third kappa shape index (κ3) is 7.85. The van der Waals surface area contributed by atoms with E-state index >= 15 is 0 Å². The molecule has 0 bridgehead atoms. The molecule has 3 N–H and O–H groups in total. The predicted octanol–water partition coefficient (Wildman–Crippen LogP) is 1.80. The number of aromatic nitrogens is 2. The fraction of sp³-hybridized carbons (Fsp3) is 0.389. The molecule has 8 heteroatoms. The maximum Gasteiger partial charge on any atom is 0.222 e. The Labute approximate surface area is 171 Å². The van der Waals surface area contributed by atoms with E-state index in [4.69, 9.17) is 0 Å². The molecular weight excluding hydrogens is 443 g/mol. The van der Waals surface area contributed by atoms with Crippen molar-refractivity contribution in [3.05, 3.63) is 53.9 Å². The van der Waals surface area contributed by atoms with Crippen molar-refractivity contribution in [2.45, 2.75) is 26.4 Å². The minimum Gasteiger partial charge on any atom is -0.357 e. The highest BCUT2D eigenvalue weighted by Crippen LogP contribution is 1.98. The quantitative estimate of drug-likeness (QED) is 0.312. The molecule has 0 radical (unpaired) electrons. The van der Waals surface area contributed by atoms with E-state index in [1.807, 2.05) is 50.4 Å². The highest BCUT2D eigenvalue weighted by Gasteiger charge is 2.03. The minimum absolute atomic E-state index is 0. The number of nitrogens with zero attached hydrogens (tertiary/aromatic N) is 3. The molecule has 142 valence electrons. The first kappa shape index (κ1) is 21.9. The Hall–Kier alpha value is -2.10. The summed E-state index contributed by atoms with van der Waals surface area (Å²) in [6, 6.07) is 11.8. The van der Waals surface area contributed by atoms with Gasteiger partial charge in [-0.1, -0.05) is 30.3 Å². The van der Waals surface area contributed by atoms with Crippen molar-refractivity contribution < 1.29 is 4.79 Å². The predicted molar refractivity (Wildman–Crippen MR) is 114 cm³/mol. The Kier molecular flexibility index (Phi) is 10.4. The third-order valence-corrected chi connectivity index (χ3v) is 3.64. The summed E-state index contributed by atoms with van der Waals surface area (Å²) < 4.78 is 1.80. The topological polar surface area (TPSA) is 83.3 Å². The van der Waals surface area contributed by atoms with Crippen molar-refractivity contribution in [2.75, 3.05) is 13.1 Å². The van der Waals surface area contributed by atoms with Crippen LogP contribution in [0.3, 0.4) is 0 Å². The average molecular weight is 470 g/mol. The van der Waals surface area contributed by atoms with Crippen LogP contribution in [0.15, 0.2) is 47.6 Å². The van der Waals surface area contributed by atoms with E-state index in [9.17, 15) is 4.79 Å². The Balaban J connectivity index is 0.00000338. The molecule has 0 unspecified atom stereocenters. The SMILES string of the molecule is CCNC(=NCc1ccnn1C)NCCC(=O)NCc1ccccc1.I. The zero-order valence-electron chi connectivity index (χ0n) is 15.2. The van der Waals surface area contributed by atoms with Gasteiger partial charge in [0.15, 0.2) is 5.96 Å². The summed E-state index contributed by atoms with van der Waals surface area (Å²) in [6.45, 7) is 4.38. The molecule has 0 aliphatic carbocycles. The molecule has 0 atom stereocenters. The van der Waals surface area contributed by atoms with Gasteiger partial charge in [-0.3, -0.25) is 9.48 Å². The van der Waals surface area contributed by atoms with E-state index in [1.54, 1.807) is 10.9 Å². The summed E-state index contributed by atoms with van der Waals surface area (Å²) in [5.74, 6) is 0.707. The molecule has 2 aromatic rings. The molecular formula is C18H27IN6O. The Morgan fingerprint density at radius 2 is 1.92 bits per heavy atom. The largest absolute Gasteiger partial charge is 0.357 e. The number of halogens is 1. The molecule has 26 heavy (non-hydrogen) atoms. The van der Waals surface area contributed by atoms with Gasteiger partial charge < -0.3 is 16.0 Å². The number of aryl methyl sites for hydroxylation is 1. The second kappa shape index (κ2) is 12.3.